The van der Waals surface area contributed by atoms with Crippen molar-refractivity contribution >= 4 is 11.9 Å². The van der Waals surface area contributed by atoms with E-state index < -0.39 is 17.0 Å². The molecule has 1 rings (SSSR count). The van der Waals surface area contributed by atoms with Gasteiger partial charge in [0.05, 0.1) is 5.54 Å². The highest BCUT2D eigenvalue weighted by atomic mass is 16.4. The SMILES string of the molecule is CCN(C(=O)C1(N)CCCC1)C(C)(C)C(=O)O. The Morgan fingerprint density at radius 3 is 2.18 bits per heavy atom. The molecule has 0 saturated heterocycles. The molecule has 0 unspecified atom stereocenters. The fraction of sp³-hybridized carbons (Fsp3) is 0.833. The molecular weight excluding hydrogens is 220 g/mol. The summed E-state index contributed by atoms with van der Waals surface area (Å²) in [4.78, 5) is 25.0. The normalized spacial score (nSPS) is 19.1. The lowest BCUT2D eigenvalue weighted by Gasteiger charge is -2.39. The minimum Gasteiger partial charge on any atom is -0.480 e. The van der Waals surface area contributed by atoms with Crippen molar-refractivity contribution in [2.24, 2.45) is 5.73 Å². The quantitative estimate of drug-likeness (QED) is 0.769. The number of nitrogens with zero attached hydrogens (tertiary/aromatic N) is 1. The number of hydrogen-bond acceptors (Lipinski definition) is 3. The Hall–Kier alpha value is -1.10. The van der Waals surface area contributed by atoms with Crippen molar-refractivity contribution in [3.05, 3.63) is 0 Å². The van der Waals surface area contributed by atoms with E-state index in [0.717, 1.165) is 12.8 Å². The second-order valence-corrected chi connectivity index (χ2v) is 5.28. The fourth-order valence-corrected chi connectivity index (χ4v) is 2.40. The summed E-state index contributed by atoms with van der Waals surface area (Å²) in [6.07, 6.45) is 3.18. The van der Waals surface area contributed by atoms with Gasteiger partial charge in [0.1, 0.15) is 5.54 Å². The van der Waals surface area contributed by atoms with Crippen LogP contribution >= 0.6 is 0 Å². The molecule has 0 aromatic rings. The largest absolute Gasteiger partial charge is 0.480 e. The maximum atomic E-state index is 12.4. The summed E-state index contributed by atoms with van der Waals surface area (Å²) >= 11 is 0. The van der Waals surface area contributed by atoms with Crippen LogP contribution in [0.1, 0.15) is 46.5 Å². The average Bonchev–Trinajstić information content (AvgIpc) is 2.66. The summed E-state index contributed by atoms with van der Waals surface area (Å²) in [6, 6.07) is 0. The van der Waals surface area contributed by atoms with Crippen molar-refractivity contribution in [3.8, 4) is 0 Å². The van der Waals surface area contributed by atoms with E-state index in [-0.39, 0.29) is 5.91 Å². The van der Waals surface area contributed by atoms with Gasteiger partial charge in [0.25, 0.3) is 0 Å². The standard InChI is InChI=1S/C12H22N2O3/c1-4-14(11(2,3)10(16)17)9(15)12(13)7-5-6-8-12/h4-8,13H2,1-3H3,(H,16,17). The highest BCUT2D eigenvalue weighted by Gasteiger charge is 2.46. The van der Waals surface area contributed by atoms with E-state index in [9.17, 15) is 14.7 Å². The number of rotatable bonds is 4. The first-order valence-corrected chi connectivity index (χ1v) is 6.10. The topological polar surface area (TPSA) is 83.6 Å². The number of carbonyl (C=O) groups excluding carboxylic acids is 1. The summed E-state index contributed by atoms with van der Waals surface area (Å²) < 4.78 is 0. The number of carboxylic acid groups (broad SMARTS) is 1. The second-order valence-electron chi connectivity index (χ2n) is 5.28. The molecule has 0 aliphatic heterocycles. The summed E-state index contributed by atoms with van der Waals surface area (Å²) in [6.45, 7) is 5.21. The predicted octanol–water partition coefficient (Wildman–Crippen LogP) is 0.970. The highest BCUT2D eigenvalue weighted by molar-refractivity contribution is 5.91. The molecular formula is C12H22N2O3. The maximum absolute atomic E-state index is 12.4. The summed E-state index contributed by atoms with van der Waals surface area (Å²) in [5.41, 5.74) is 4.03. The number of amides is 1. The Kier molecular flexibility index (Phi) is 3.81. The smallest absolute Gasteiger partial charge is 0.329 e. The zero-order valence-corrected chi connectivity index (χ0v) is 10.8. The molecule has 3 N–H and O–H groups in total. The molecule has 0 radical (unpaired) electrons. The van der Waals surface area contributed by atoms with E-state index in [1.807, 2.05) is 0 Å². The van der Waals surface area contributed by atoms with Crippen molar-refractivity contribution in [3.63, 3.8) is 0 Å². The molecule has 1 saturated carbocycles. The molecule has 0 heterocycles. The number of carbonyl (C=O) groups is 2. The first-order chi connectivity index (χ1) is 7.75. The van der Waals surface area contributed by atoms with Crippen LogP contribution in [0.3, 0.4) is 0 Å². The van der Waals surface area contributed by atoms with Crippen LogP contribution in [0.5, 0.6) is 0 Å². The Labute approximate surface area is 102 Å². The minimum absolute atomic E-state index is 0.232. The van der Waals surface area contributed by atoms with E-state index in [2.05, 4.69) is 0 Å². The van der Waals surface area contributed by atoms with Crippen molar-refractivity contribution < 1.29 is 14.7 Å². The lowest BCUT2D eigenvalue weighted by molar-refractivity contribution is -0.159. The molecule has 1 aliphatic carbocycles. The van der Waals surface area contributed by atoms with Gasteiger partial charge >= 0.3 is 5.97 Å². The predicted molar refractivity (Wildman–Crippen MR) is 64.5 cm³/mol. The lowest BCUT2D eigenvalue weighted by atomic mass is 9.93. The molecule has 0 spiro atoms. The third-order valence-electron chi connectivity index (χ3n) is 3.68. The third kappa shape index (κ3) is 2.44. The highest BCUT2D eigenvalue weighted by Crippen LogP contribution is 2.31. The average molecular weight is 242 g/mol. The zero-order valence-electron chi connectivity index (χ0n) is 10.8. The molecule has 0 aromatic carbocycles. The van der Waals surface area contributed by atoms with Crippen LogP contribution < -0.4 is 5.73 Å². The van der Waals surface area contributed by atoms with Crippen LogP contribution in [0.25, 0.3) is 0 Å². The van der Waals surface area contributed by atoms with Crippen molar-refractivity contribution in [1.82, 2.24) is 4.90 Å². The van der Waals surface area contributed by atoms with Gasteiger partial charge in [-0.15, -0.1) is 0 Å². The van der Waals surface area contributed by atoms with Crippen LogP contribution in [-0.2, 0) is 9.59 Å². The molecule has 1 amide bonds. The summed E-state index contributed by atoms with van der Waals surface area (Å²) in [7, 11) is 0. The molecule has 98 valence electrons. The molecule has 17 heavy (non-hydrogen) atoms. The minimum atomic E-state index is -1.21. The van der Waals surface area contributed by atoms with Gasteiger partial charge in [-0.2, -0.15) is 0 Å². The molecule has 0 bridgehead atoms. The van der Waals surface area contributed by atoms with Crippen LogP contribution in [0.15, 0.2) is 0 Å². The van der Waals surface area contributed by atoms with Crippen molar-refractivity contribution in [1.29, 1.82) is 0 Å². The van der Waals surface area contributed by atoms with Crippen molar-refractivity contribution in [2.45, 2.75) is 57.5 Å². The molecule has 0 aromatic heterocycles. The zero-order chi connectivity index (χ0) is 13.3. The van der Waals surface area contributed by atoms with E-state index in [0.29, 0.717) is 19.4 Å². The van der Waals surface area contributed by atoms with Crippen molar-refractivity contribution in [2.75, 3.05) is 6.54 Å². The van der Waals surface area contributed by atoms with Gasteiger partial charge in [-0.3, -0.25) is 4.79 Å². The van der Waals surface area contributed by atoms with Gasteiger partial charge in [-0.1, -0.05) is 12.8 Å². The van der Waals surface area contributed by atoms with Gasteiger partial charge < -0.3 is 15.7 Å². The van der Waals surface area contributed by atoms with Gasteiger partial charge in [-0.25, -0.2) is 4.79 Å². The second kappa shape index (κ2) is 4.64. The fourth-order valence-electron chi connectivity index (χ4n) is 2.40. The maximum Gasteiger partial charge on any atom is 0.329 e. The van der Waals surface area contributed by atoms with Gasteiger partial charge in [0, 0.05) is 6.54 Å². The number of hydrogen-bond donors (Lipinski definition) is 2. The Bertz CT molecular complexity index is 320. The van der Waals surface area contributed by atoms with Crippen LogP contribution in [0.2, 0.25) is 0 Å². The molecule has 5 nitrogen and oxygen atoms in total. The number of carboxylic acids is 1. The van der Waals surface area contributed by atoms with Crippen LogP contribution in [0.4, 0.5) is 0 Å². The number of aliphatic carboxylic acids is 1. The Morgan fingerprint density at radius 2 is 1.82 bits per heavy atom. The molecule has 1 fully saturated rings. The van der Waals surface area contributed by atoms with E-state index in [1.54, 1.807) is 6.92 Å². The van der Waals surface area contributed by atoms with Gasteiger partial charge in [-0.05, 0) is 33.6 Å². The molecule has 1 aliphatic rings. The van der Waals surface area contributed by atoms with Gasteiger partial charge in [0.15, 0.2) is 0 Å². The van der Waals surface area contributed by atoms with Crippen LogP contribution in [-0.4, -0.2) is 39.5 Å². The Balaban J connectivity index is 2.95. The first kappa shape index (κ1) is 14.0. The van der Waals surface area contributed by atoms with E-state index in [4.69, 9.17) is 5.73 Å². The monoisotopic (exact) mass is 242 g/mol. The molecule has 5 heteroatoms. The number of likely N-dealkylation sites (N-methyl/N-ethyl adjacent to an activating group) is 1. The third-order valence-corrected chi connectivity index (χ3v) is 3.68. The summed E-state index contributed by atoms with van der Waals surface area (Å²) in [5.74, 6) is -1.24. The van der Waals surface area contributed by atoms with Crippen LogP contribution in [0, 0.1) is 0 Å². The molecule has 0 atom stereocenters. The lowest BCUT2D eigenvalue weighted by Crippen LogP contribution is -2.61. The Morgan fingerprint density at radius 1 is 1.35 bits per heavy atom. The first-order valence-electron chi connectivity index (χ1n) is 6.10. The van der Waals surface area contributed by atoms with E-state index >= 15 is 0 Å². The van der Waals surface area contributed by atoms with E-state index in [1.165, 1.54) is 18.7 Å². The summed E-state index contributed by atoms with van der Waals surface area (Å²) in [5, 5.41) is 9.18. The van der Waals surface area contributed by atoms with Gasteiger partial charge in [0.2, 0.25) is 5.91 Å². The number of nitrogens with two attached hydrogens (primary N) is 1.